The SMILES string of the molecule is C=C1[C@H](O)CC(=C/C=C2\CCC[C@]3(C)[C@@H]([C@H](C)CCN4CC[C@H](C(F)F)C4)CC[C@@H]23)C[C@H]1O. The van der Waals surface area contributed by atoms with Gasteiger partial charge in [-0.2, -0.15) is 0 Å². The Morgan fingerprint density at radius 3 is 2.55 bits per heavy atom. The van der Waals surface area contributed by atoms with Crippen molar-refractivity contribution in [2.45, 2.75) is 90.3 Å². The fourth-order valence-corrected chi connectivity index (χ4v) is 7.50. The maximum atomic E-state index is 13.0. The molecule has 0 aromatic heterocycles. The standard InChI is InChI=1S/C28H43F2NO2/c1-18(10-13-31-14-11-22(17-31)27(29)30)23-8-9-24-21(5-4-12-28(23,24)3)7-6-20-15-25(32)19(2)26(33)16-20/h6-7,18,22-27,32-33H,2,4-5,8-17H2,1,3H3/b21-7+/t18-,22+,23-,24+,25-,26-,28-/m1/s1. The van der Waals surface area contributed by atoms with Crippen molar-refractivity contribution in [1.29, 1.82) is 0 Å². The summed E-state index contributed by atoms with van der Waals surface area (Å²) in [5.74, 6) is 1.48. The third-order valence-electron chi connectivity index (χ3n) is 9.59. The Balaban J connectivity index is 1.37. The third-order valence-corrected chi connectivity index (χ3v) is 9.59. The topological polar surface area (TPSA) is 43.7 Å². The van der Waals surface area contributed by atoms with Crippen LogP contribution in [0.3, 0.4) is 0 Å². The zero-order chi connectivity index (χ0) is 23.8. The lowest BCUT2D eigenvalue weighted by Crippen LogP contribution is -2.37. The number of hydrogen-bond acceptors (Lipinski definition) is 3. The van der Waals surface area contributed by atoms with Gasteiger partial charge in [0.25, 0.3) is 0 Å². The number of halogens is 2. The second kappa shape index (κ2) is 10.3. The minimum atomic E-state index is -2.18. The summed E-state index contributed by atoms with van der Waals surface area (Å²) in [6, 6.07) is 0. The van der Waals surface area contributed by atoms with Gasteiger partial charge in [0.05, 0.1) is 12.2 Å². The van der Waals surface area contributed by atoms with E-state index in [0.29, 0.717) is 54.5 Å². The number of fused-ring (bicyclic) bond motifs is 1. The predicted molar refractivity (Wildman–Crippen MR) is 129 cm³/mol. The van der Waals surface area contributed by atoms with E-state index in [-0.39, 0.29) is 0 Å². The maximum absolute atomic E-state index is 13.0. The summed E-state index contributed by atoms with van der Waals surface area (Å²) < 4.78 is 26.0. The number of rotatable bonds is 6. The minimum Gasteiger partial charge on any atom is -0.388 e. The minimum absolute atomic E-state index is 0.318. The molecule has 0 amide bonds. The molecule has 4 fully saturated rings. The van der Waals surface area contributed by atoms with Gasteiger partial charge in [-0.3, -0.25) is 0 Å². The van der Waals surface area contributed by atoms with E-state index >= 15 is 0 Å². The van der Waals surface area contributed by atoms with Crippen LogP contribution in [0.1, 0.15) is 71.6 Å². The summed E-state index contributed by atoms with van der Waals surface area (Å²) in [5, 5.41) is 20.3. The first kappa shape index (κ1) is 25.1. The molecule has 5 heteroatoms. The molecule has 2 N–H and O–H groups in total. The van der Waals surface area contributed by atoms with Crippen molar-refractivity contribution in [3.05, 3.63) is 35.5 Å². The van der Waals surface area contributed by atoms with Crippen LogP contribution < -0.4 is 0 Å². The van der Waals surface area contributed by atoms with Crippen molar-refractivity contribution in [2.24, 2.45) is 29.1 Å². The summed E-state index contributed by atoms with van der Waals surface area (Å²) in [4.78, 5) is 2.25. The summed E-state index contributed by atoms with van der Waals surface area (Å²) >= 11 is 0. The molecular formula is C28H43F2NO2. The lowest BCUT2D eigenvalue weighted by Gasteiger charge is -2.44. The van der Waals surface area contributed by atoms with E-state index in [1.165, 1.54) is 25.7 Å². The molecule has 3 saturated carbocycles. The highest BCUT2D eigenvalue weighted by Gasteiger charge is 2.50. The largest absolute Gasteiger partial charge is 0.388 e. The summed E-state index contributed by atoms with van der Waals surface area (Å²) in [6.45, 7) is 11.0. The predicted octanol–water partition coefficient (Wildman–Crippen LogP) is 5.74. The summed E-state index contributed by atoms with van der Waals surface area (Å²) in [7, 11) is 0. The Bertz CT molecular complexity index is 762. The Kier molecular flexibility index (Phi) is 7.82. The molecular weight excluding hydrogens is 420 g/mol. The van der Waals surface area contributed by atoms with Gasteiger partial charge in [0.15, 0.2) is 0 Å². The number of aliphatic hydroxyl groups excluding tert-OH is 2. The molecule has 3 aliphatic carbocycles. The molecule has 0 aromatic rings. The van der Waals surface area contributed by atoms with Crippen LogP contribution in [-0.4, -0.2) is 53.4 Å². The van der Waals surface area contributed by atoms with Crippen LogP contribution in [0.2, 0.25) is 0 Å². The van der Waals surface area contributed by atoms with E-state index in [4.69, 9.17) is 0 Å². The highest BCUT2D eigenvalue weighted by atomic mass is 19.3. The van der Waals surface area contributed by atoms with Crippen LogP contribution in [0.15, 0.2) is 35.5 Å². The molecule has 0 bridgehead atoms. The molecule has 4 rings (SSSR count). The van der Waals surface area contributed by atoms with Crippen LogP contribution in [0.4, 0.5) is 8.78 Å². The van der Waals surface area contributed by atoms with E-state index in [9.17, 15) is 19.0 Å². The Labute approximate surface area is 198 Å². The zero-order valence-electron chi connectivity index (χ0n) is 20.5. The molecule has 1 heterocycles. The van der Waals surface area contributed by atoms with Crippen LogP contribution in [-0.2, 0) is 0 Å². The third kappa shape index (κ3) is 5.31. The smallest absolute Gasteiger partial charge is 0.242 e. The van der Waals surface area contributed by atoms with E-state index in [2.05, 4.69) is 37.5 Å². The number of alkyl halides is 2. The van der Waals surface area contributed by atoms with Crippen molar-refractivity contribution in [3.8, 4) is 0 Å². The Hall–Kier alpha value is -1.04. The maximum Gasteiger partial charge on any atom is 0.242 e. The van der Waals surface area contributed by atoms with Crippen LogP contribution in [0.5, 0.6) is 0 Å². The first-order chi connectivity index (χ1) is 15.7. The van der Waals surface area contributed by atoms with Crippen molar-refractivity contribution in [2.75, 3.05) is 19.6 Å². The molecule has 0 aromatic carbocycles. The lowest BCUT2D eigenvalue weighted by molar-refractivity contribution is 0.0763. The van der Waals surface area contributed by atoms with Crippen molar-refractivity contribution in [3.63, 3.8) is 0 Å². The van der Waals surface area contributed by atoms with Gasteiger partial charge >= 0.3 is 0 Å². The van der Waals surface area contributed by atoms with Gasteiger partial charge in [0.1, 0.15) is 0 Å². The number of aliphatic hydroxyl groups is 2. The molecule has 3 nitrogen and oxygen atoms in total. The average molecular weight is 464 g/mol. The molecule has 0 unspecified atom stereocenters. The quantitative estimate of drug-likeness (QED) is 0.494. The van der Waals surface area contributed by atoms with E-state index in [1.54, 1.807) is 5.57 Å². The van der Waals surface area contributed by atoms with Crippen molar-refractivity contribution in [1.82, 2.24) is 4.90 Å². The normalized spacial score (nSPS) is 40.0. The van der Waals surface area contributed by atoms with Gasteiger partial charge in [0.2, 0.25) is 6.43 Å². The van der Waals surface area contributed by atoms with Crippen LogP contribution >= 0.6 is 0 Å². The second-order valence-electron chi connectivity index (χ2n) is 11.6. The molecule has 7 atom stereocenters. The highest BCUT2D eigenvalue weighted by Crippen LogP contribution is 2.59. The number of allylic oxidation sites excluding steroid dienone is 3. The average Bonchev–Trinajstić information content (AvgIpc) is 3.39. The van der Waals surface area contributed by atoms with Crippen LogP contribution in [0.25, 0.3) is 0 Å². The molecule has 1 aliphatic heterocycles. The van der Waals surface area contributed by atoms with Gasteiger partial charge in [-0.05, 0) is 99.6 Å². The van der Waals surface area contributed by atoms with E-state index in [1.807, 2.05) is 0 Å². The fraction of sp³-hybridized carbons (Fsp3) is 0.786. The van der Waals surface area contributed by atoms with E-state index < -0.39 is 24.6 Å². The van der Waals surface area contributed by atoms with Crippen molar-refractivity contribution < 1.29 is 19.0 Å². The first-order valence-electron chi connectivity index (χ1n) is 13.1. The van der Waals surface area contributed by atoms with Crippen LogP contribution in [0, 0.1) is 29.1 Å². The number of likely N-dealkylation sites (tertiary alicyclic amines) is 1. The zero-order valence-corrected chi connectivity index (χ0v) is 20.5. The van der Waals surface area contributed by atoms with Gasteiger partial charge < -0.3 is 15.1 Å². The van der Waals surface area contributed by atoms with Crippen molar-refractivity contribution >= 4 is 0 Å². The molecule has 1 saturated heterocycles. The highest BCUT2D eigenvalue weighted by molar-refractivity contribution is 5.29. The number of nitrogens with zero attached hydrogens (tertiary/aromatic N) is 1. The molecule has 33 heavy (non-hydrogen) atoms. The van der Waals surface area contributed by atoms with E-state index in [0.717, 1.165) is 31.5 Å². The second-order valence-corrected chi connectivity index (χ2v) is 11.6. The number of hydrogen-bond donors (Lipinski definition) is 2. The molecule has 186 valence electrons. The Morgan fingerprint density at radius 1 is 1.15 bits per heavy atom. The van der Waals surface area contributed by atoms with Gasteiger partial charge in [0, 0.05) is 12.5 Å². The molecule has 4 aliphatic rings. The molecule has 0 spiro atoms. The fourth-order valence-electron chi connectivity index (χ4n) is 7.50. The van der Waals surface area contributed by atoms with Gasteiger partial charge in [-0.15, -0.1) is 0 Å². The lowest BCUT2D eigenvalue weighted by atomic mass is 9.61. The van der Waals surface area contributed by atoms with Gasteiger partial charge in [-0.1, -0.05) is 43.7 Å². The van der Waals surface area contributed by atoms with Gasteiger partial charge in [-0.25, -0.2) is 8.78 Å². The Morgan fingerprint density at radius 2 is 1.88 bits per heavy atom. The summed E-state index contributed by atoms with van der Waals surface area (Å²) in [5.41, 5.74) is 3.51. The molecule has 0 radical (unpaired) electrons. The first-order valence-corrected chi connectivity index (χ1v) is 13.1. The summed E-state index contributed by atoms with van der Waals surface area (Å²) in [6.07, 6.45) is 10.0. The monoisotopic (exact) mass is 463 g/mol.